The van der Waals surface area contributed by atoms with Crippen molar-refractivity contribution in [1.82, 2.24) is 15.3 Å². The number of hydrogen-bond acceptors (Lipinski definition) is 7. The van der Waals surface area contributed by atoms with E-state index < -0.39 is 0 Å². The lowest BCUT2D eigenvalue weighted by Crippen LogP contribution is -2.36. The molecule has 1 aliphatic heterocycles. The molecule has 3 heterocycles. The highest BCUT2D eigenvalue weighted by Crippen LogP contribution is 2.27. The van der Waals surface area contributed by atoms with Gasteiger partial charge in [-0.2, -0.15) is 0 Å². The number of morpholine rings is 1. The molecule has 1 amide bonds. The molecule has 0 bridgehead atoms. The van der Waals surface area contributed by atoms with E-state index in [1.165, 1.54) is 11.3 Å². The Hall–Kier alpha value is -2.97. The fraction of sp³-hybridized carbons (Fsp3) is 0.318. The van der Waals surface area contributed by atoms with Crippen LogP contribution in [0.15, 0.2) is 48.0 Å². The fourth-order valence-corrected chi connectivity index (χ4v) is 4.04. The highest BCUT2D eigenvalue weighted by molar-refractivity contribution is 7.13. The van der Waals surface area contributed by atoms with Gasteiger partial charge in [-0.1, -0.05) is 18.2 Å². The van der Waals surface area contributed by atoms with Crippen molar-refractivity contribution in [2.24, 2.45) is 0 Å². The van der Waals surface area contributed by atoms with Gasteiger partial charge in [0, 0.05) is 42.3 Å². The van der Waals surface area contributed by atoms with Crippen LogP contribution in [0.5, 0.6) is 5.75 Å². The zero-order valence-corrected chi connectivity index (χ0v) is 17.7. The van der Waals surface area contributed by atoms with Gasteiger partial charge < -0.3 is 19.7 Å². The molecule has 1 saturated heterocycles. The van der Waals surface area contributed by atoms with Crippen LogP contribution in [0.2, 0.25) is 0 Å². The number of anilines is 1. The molecule has 4 rings (SSSR count). The number of nitrogens with zero attached hydrogens (tertiary/aromatic N) is 3. The number of thiazole rings is 1. The van der Waals surface area contributed by atoms with Crippen molar-refractivity contribution in [2.75, 3.05) is 37.8 Å². The number of ether oxygens (including phenoxy) is 2. The molecule has 30 heavy (non-hydrogen) atoms. The Morgan fingerprint density at radius 2 is 2.10 bits per heavy atom. The molecule has 0 unspecified atom stereocenters. The lowest BCUT2D eigenvalue weighted by Gasteiger charge is -2.27. The summed E-state index contributed by atoms with van der Waals surface area (Å²) in [7, 11) is 0. The second kappa shape index (κ2) is 9.69. The molecule has 0 aliphatic carbocycles. The highest BCUT2D eigenvalue weighted by Gasteiger charge is 2.16. The number of para-hydroxylation sites is 1. The number of pyridine rings is 1. The summed E-state index contributed by atoms with van der Waals surface area (Å²) in [5.41, 5.74) is 2.30. The summed E-state index contributed by atoms with van der Waals surface area (Å²) in [6, 6.07) is 11.6. The Morgan fingerprint density at radius 3 is 2.93 bits per heavy atom. The Balaban J connectivity index is 1.43. The maximum absolute atomic E-state index is 12.6. The Kier molecular flexibility index (Phi) is 6.56. The van der Waals surface area contributed by atoms with Crippen LogP contribution in [0.1, 0.15) is 23.0 Å². The summed E-state index contributed by atoms with van der Waals surface area (Å²) in [6.07, 6.45) is 1.78. The van der Waals surface area contributed by atoms with Crippen LogP contribution in [0, 0.1) is 0 Å². The molecule has 1 fully saturated rings. The zero-order valence-electron chi connectivity index (χ0n) is 16.8. The van der Waals surface area contributed by atoms with E-state index in [4.69, 9.17) is 9.47 Å². The first-order valence-corrected chi connectivity index (χ1v) is 10.9. The van der Waals surface area contributed by atoms with Crippen LogP contribution in [0.3, 0.4) is 0 Å². The van der Waals surface area contributed by atoms with E-state index in [1.807, 2.05) is 43.3 Å². The minimum atomic E-state index is -0.203. The average molecular weight is 425 g/mol. The summed E-state index contributed by atoms with van der Waals surface area (Å²) in [5.74, 6) is 1.49. The molecule has 3 aromatic rings. The molecule has 0 spiro atoms. The topological polar surface area (TPSA) is 76.6 Å². The average Bonchev–Trinajstić information content (AvgIpc) is 3.30. The Labute approximate surface area is 179 Å². The maximum atomic E-state index is 12.6. The monoisotopic (exact) mass is 424 g/mol. The summed E-state index contributed by atoms with van der Waals surface area (Å²) in [5, 5.41) is 5.52. The largest absolute Gasteiger partial charge is 0.494 e. The molecule has 0 atom stereocenters. The number of amides is 1. The lowest BCUT2D eigenvalue weighted by atomic mass is 10.2. The van der Waals surface area contributed by atoms with Crippen LogP contribution in [-0.4, -0.2) is 48.8 Å². The van der Waals surface area contributed by atoms with E-state index in [0.717, 1.165) is 40.8 Å². The standard InChI is InChI=1S/C22H24N4O3S/c1-2-29-19-6-4-3-5-17(19)14-24-21(27)18-15-30-22(25-18)16-7-8-23-20(13-16)26-9-11-28-12-10-26/h3-8,13,15H,2,9-12,14H2,1H3,(H,24,27). The van der Waals surface area contributed by atoms with E-state index in [2.05, 4.69) is 20.2 Å². The second-order valence-electron chi connectivity index (χ2n) is 6.76. The molecular formula is C22H24N4O3S. The van der Waals surface area contributed by atoms with E-state index >= 15 is 0 Å². The number of benzene rings is 1. The number of hydrogen-bond donors (Lipinski definition) is 1. The van der Waals surface area contributed by atoms with Gasteiger partial charge >= 0.3 is 0 Å². The van der Waals surface area contributed by atoms with Crippen LogP contribution in [0.4, 0.5) is 5.82 Å². The molecule has 1 N–H and O–H groups in total. The summed E-state index contributed by atoms with van der Waals surface area (Å²) in [4.78, 5) is 23.8. The summed E-state index contributed by atoms with van der Waals surface area (Å²) < 4.78 is 11.0. The van der Waals surface area contributed by atoms with Crippen LogP contribution < -0.4 is 15.0 Å². The van der Waals surface area contributed by atoms with Crippen molar-refractivity contribution >= 4 is 23.1 Å². The molecule has 1 aromatic carbocycles. The predicted octanol–water partition coefficient (Wildman–Crippen LogP) is 3.37. The number of carbonyl (C=O) groups is 1. The highest BCUT2D eigenvalue weighted by atomic mass is 32.1. The van der Waals surface area contributed by atoms with E-state index in [0.29, 0.717) is 32.1 Å². The molecule has 0 saturated carbocycles. The van der Waals surface area contributed by atoms with Crippen LogP contribution in [0.25, 0.3) is 10.6 Å². The first-order chi connectivity index (χ1) is 14.7. The maximum Gasteiger partial charge on any atom is 0.271 e. The SMILES string of the molecule is CCOc1ccccc1CNC(=O)c1csc(-c2ccnc(N3CCOCC3)c2)n1. The third-order valence-corrected chi connectivity index (χ3v) is 5.67. The smallest absolute Gasteiger partial charge is 0.271 e. The molecule has 7 nitrogen and oxygen atoms in total. The predicted molar refractivity (Wildman–Crippen MR) is 117 cm³/mol. The van der Waals surface area contributed by atoms with Crippen molar-refractivity contribution in [3.63, 3.8) is 0 Å². The third-order valence-electron chi connectivity index (χ3n) is 4.78. The summed E-state index contributed by atoms with van der Waals surface area (Å²) >= 11 is 1.45. The Morgan fingerprint density at radius 1 is 1.27 bits per heavy atom. The molecule has 156 valence electrons. The van der Waals surface area contributed by atoms with Crippen molar-refractivity contribution < 1.29 is 14.3 Å². The third kappa shape index (κ3) is 4.77. The van der Waals surface area contributed by atoms with Gasteiger partial charge in [-0.05, 0) is 25.1 Å². The van der Waals surface area contributed by atoms with Gasteiger partial charge in [-0.25, -0.2) is 9.97 Å². The van der Waals surface area contributed by atoms with E-state index in [-0.39, 0.29) is 5.91 Å². The van der Waals surface area contributed by atoms with E-state index in [1.54, 1.807) is 11.6 Å². The van der Waals surface area contributed by atoms with Gasteiger partial charge in [-0.15, -0.1) is 11.3 Å². The molecule has 8 heteroatoms. The lowest BCUT2D eigenvalue weighted by molar-refractivity contribution is 0.0946. The first-order valence-electron chi connectivity index (χ1n) is 9.98. The zero-order chi connectivity index (χ0) is 20.8. The number of carbonyl (C=O) groups excluding carboxylic acids is 1. The van der Waals surface area contributed by atoms with Crippen molar-refractivity contribution in [3.05, 3.63) is 59.2 Å². The van der Waals surface area contributed by atoms with E-state index in [9.17, 15) is 4.79 Å². The fourth-order valence-electron chi connectivity index (χ4n) is 3.24. The summed E-state index contributed by atoms with van der Waals surface area (Å²) in [6.45, 7) is 5.98. The van der Waals surface area contributed by atoms with Gasteiger partial charge in [0.05, 0.1) is 19.8 Å². The van der Waals surface area contributed by atoms with Gasteiger partial charge in [0.2, 0.25) is 0 Å². The molecule has 0 radical (unpaired) electrons. The minimum Gasteiger partial charge on any atom is -0.494 e. The van der Waals surface area contributed by atoms with Crippen molar-refractivity contribution in [3.8, 4) is 16.3 Å². The quantitative estimate of drug-likeness (QED) is 0.627. The van der Waals surface area contributed by atoms with Crippen LogP contribution >= 0.6 is 11.3 Å². The normalized spacial score (nSPS) is 13.8. The van der Waals surface area contributed by atoms with Gasteiger partial charge in [0.25, 0.3) is 5.91 Å². The van der Waals surface area contributed by atoms with Crippen molar-refractivity contribution in [1.29, 1.82) is 0 Å². The second-order valence-corrected chi connectivity index (χ2v) is 7.62. The van der Waals surface area contributed by atoms with Gasteiger partial charge in [0.1, 0.15) is 22.3 Å². The van der Waals surface area contributed by atoms with Crippen molar-refractivity contribution in [2.45, 2.75) is 13.5 Å². The van der Waals surface area contributed by atoms with Crippen LogP contribution in [-0.2, 0) is 11.3 Å². The number of rotatable bonds is 7. The molecule has 2 aromatic heterocycles. The first kappa shape index (κ1) is 20.3. The van der Waals surface area contributed by atoms with Gasteiger partial charge in [0.15, 0.2) is 0 Å². The number of nitrogens with one attached hydrogen (secondary N) is 1. The van der Waals surface area contributed by atoms with Gasteiger partial charge in [-0.3, -0.25) is 4.79 Å². The Bertz CT molecular complexity index is 1000. The molecular weight excluding hydrogens is 400 g/mol. The molecule has 1 aliphatic rings. The minimum absolute atomic E-state index is 0.203. The number of aromatic nitrogens is 2.